The Morgan fingerprint density at radius 3 is 1.67 bits per heavy atom. The van der Waals surface area contributed by atoms with Crippen molar-refractivity contribution in [3.05, 3.63) is 89.3 Å². The van der Waals surface area contributed by atoms with Crippen molar-refractivity contribution in [3.63, 3.8) is 0 Å². The first-order valence-electron chi connectivity index (χ1n) is 16.6. The Labute approximate surface area is 321 Å². The molecular formula is C34H44BCl3N8O4Si2. The molecule has 6 rings (SSSR count). The molecule has 0 atom stereocenters. The molecule has 0 aliphatic heterocycles. The lowest BCUT2D eigenvalue weighted by atomic mass is 9.82. The number of ether oxygens (including phenoxy) is 2. The Morgan fingerprint density at radius 1 is 0.673 bits per heavy atom. The highest BCUT2D eigenvalue weighted by atomic mass is 35.5. The standard InChI is InChI=1S/C17H21ClN4OSi.C12H17Cl2N3OSi.C5H6BNO2/c1-24(2,3)10-9-23-12-22-8-6-14-15(13-5-4-7-19-11-13)20-17(18)21-16(14)22;1-19(2,3)7-6-18-8-17-5-4-9-10(13)15-12(14)16-11(9)17;8-6(9)5-2-1-3-7-4-5/h4-8,11H,9-10,12H2,1-3H3;4-5H,6-8H2,1-3H3;1-4,8-9H. The number of halogens is 3. The molecular weight excluding hydrogens is 758 g/mol. The average molecular weight is 802 g/mol. The maximum atomic E-state index is 8.54. The van der Waals surface area contributed by atoms with E-state index in [9.17, 15) is 0 Å². The summed E-state index contributed by atoms with van der Waals surface area (Å²) in [6.07, 6.45) is 10.3. The van der Waals surface area contributed by atoms with E-state index in [1.165, 1.54) is 6.20 Å². The summed E-state index contributed by atoms with van der Waals surface area (Å²) in [4.78, 5) is 24.7. The minimum Gasteiger partial charge on any atom is -0.423 e. The lowest BCUT2D eigenvalue weighted by molar-refractivity contribution is 0.0898. The van der Waals surface area contributed by atoms with E-state index in [2.05, 4.69) is 69.2 Å². The maximum absolute atomic E-state index is 8.54. The summed E-state index contributed by atoms with van der Waals surface area (Å²) in [6, 6.07) is 13.2. The normalized spacial score (nSPS) is 11.6. The first kappa shape index (κ1) is 41.5. The molecule has 52 heavy (non-hydrogen) atoms. The predicted molar refractivity (Wildman–Crippen MR) is 216 cm³/mol. The zero-order valence-corrected chi connectivity index (χ0v) is 34.4. The van der Waals surface area contributed by atoms with Crippen LogP contribution in [0.5, 0.6) is 0 Å². The van der Waals surface area contributed by atoms with Gasteiger partial charge in [-0.05, 0) is 65.6 Å². The average Bonchev–Trinajstić information content (AvgIpc) is 3.69. The van der Waals surface area contributed by atoms with Gasteiger partial charge in [-0.2, -0.15) is 9.97 Å². The van der Waals surface area contributed by atoms with Crippen molar-refractivity contribution in [2.24, 2.45) is 0 Å². The van der Waals surface area contributed by atoms with Crippen molar-refractivity contribution in [2.45, 2.75) is 64.8 Å². The molecule has 0 saturated carbocycles. The van der Waals surface area contributed by atoms with Crippen molar-refractivity contribution in [1.82, 2.24) is 39.0 Å². The Morgan fingerprint density at radius 2 is 1.19 bits per heavy atom. The third kappa shape index (κ3) is 13.0. The van der Waals surface area contributed by atoms with Crippen LogP contribution in [0.25, 0.3) is 33.3 Å². The molecule has 0 unspecified atom stereocenters. The summed E-state index contributed by atoms with van der Waals surface area (Å²) in [5.41, 5.74) is 3.61. The molecule has 0 spiro atoms. The number of hydrogen-bond donors (Lipinski definition) is 2. The lowest BCUT2D eigenvalue weighted by Gasteiger charge is -2.15. The van der Waals surface area contributed by atoms with Crippen LogP contribution in [0.15, 0.2) is 73.6 Å². The van der Waals surface area contributed by atoms with Gasteiger partial charge in [0.15, 0.2) is 0 Å². The minimum absolute atomic E-state index is 0.152. The molecule has 0 bridgehead atoms. The number of rotatable bonds is 12. The smallest absolute Gasteiger partial charge is 0.423 e. The lowest BCUT2D eigenvalue weighted by Crippen LogP contribution is -2.29. The maximum Gasteiger partial charge on any atom is 0.490 e. The predicted octanol–water partition coefficient (Wildman–Crippen LogP) is 7.27. The third-order valence-corrected chi connectivity index (χ3v) is 11.5. The molecule has 6 aromatic rings. The minimum atomic E-state index is -1.40. The van der Waals surface area contributed by atoms with Crippen molar-refractivity contribution in [1.29, 1.82) is 0 Å². The summed E-state index contributed by atoms with van der Waals surface area (Å²) < 4.78 is 15.4. The van der Waals surface area contributed by atoms with E-state index < -0.39 is 23.3 Å². The van der Waals surface area contributed by atoms with Crippen LogP contribution >= 0.6 is 34.8 Å². The van der Waals surface area contributed by atoms with Gasteiger partial charge < -0.3 is 28.7 Å². The Hall–Kier alpha value is -3.25. The molecule has 0 saturated heterocycles. The van der Waals surface area contributed by atoms with E-state index in [1.54, 1.807) is 30.7 Å². The fourth-order valence-corrected chi connectivity index (χ4v) is 6.70. The second-order valence-corrected chi connectivity index (χ2v) is 26.5. The van der Waals surface area contributed by atoms with Gasteiger partial charge in [-0.25, -0.2) is 9.97 Å². The fourth-order valence-electron chi connectivity index (χ4n) is 4.58. The van der Waals surface area contributed by atoms with Crippen LogP contribution in [0.1, 0.15) is 0 Å². The van der Waals surface area contributed by atoms with Crippen LogP contribution in [0.3, 0.4) is 0 Å². The molecule has 0 aromatic carbocycles. The van der Waals surface area contributed by atoms with Gasteiger partial charge in [-0.1, -0.05) is 56.9 Å². The summed E-state index contributed by atoms with van der Waals surface area (Å²) in [5.74, 6) is 0. The first-order valence-corrected chi connectivity index (χ1v) is 25.2. The van der Waals surface area contributed by atoms with E-state index in [1.807, 2.05) is 45.8 Å². The van der Waals surface area contributed by atoms with Gasteiger partial charge in [0.1, 0.15) is 29.9 Å². The van der Waals surface area contributed by atoms with Crippen LogP contribution in [0.4, 0.5) is 0 Å². The van der Waals surface area contributed by atoms with Gasteiger partial charge >= 0.3 is 7.12 Å². The molecule has 0 aliphatic carbocycles. The molecule has 0 amide bonds. The van der Waals surface area contributed by atoms with Gasteiger partial charge in [0, 0.05) is 83.0 Å². The van der Waals surface area contributed by atoms with Crippen LogP contribution in [0.2, 0.25) is 67.1 Å². The first-order chi connectivity index (χ1) is 24.6. The Balaban J connectivity index is 0.000000192. The topological polar surface area (TPSA) is 146 Å². The largest absolute Gasteiger partial charge is 0.490 e. The molecule has 12 nitrogen and oxygen atoms in total. The number of fused-ring (bicyclic) bond motifs is 2. The summed E-state index contributed by atoms with van der Waals surface area (Å²) in [7, 11) is -3.54. The number of nitrogens with zero attached hydrogens (tertiary/aromatic N) is 8. The fraction of sp³-hybridized carbons (Fsp3) is 0.353. The summed E-state index contributed by atoms with van der Waals surface area (Å²) in [6.45, 7) is 16.5. The van der Waals surface area contributed by atoms with Crippen molar-refractivity contribution in [3.8, 4) is 11.3 Å². The van der Waals surface area contributed by atoms with Crippen molar-refractivity contribution < 1.29 is 19.5 Å². The van der Waals surface area contributed by atoms with E-state index in [0.717, 1.165) is 53.0 Å². The molecule has 18 heteroatoms. The van der Waals surface area contributed by atoms with Crippen molar-refractivity contribution >= 4 is 85.6 Å². The van der Waals surface area contributed by atoms with Gasteiger partial charge in [0.25, 0.3) is 0 Å². The molecule has 6 aromatic heterocycles. The van der Waals surface area contributed by atoms with Crippen LogP contribution in [0, 0.1) is 0 Å². The molecule has 276 valence electrons. The SMILES string of the molecule is C[Si](C)(C)CCOCn1ccc2c(-c3cccnc3)nc(Cl)nc21.C[Si](C)(C)CCOCn1ccc2c(Cl)nc(Cl)nc21.OB(O)c1cccnc1. The summed E-state index contributed by atoms with van der Waals surface area (Å²) in [5, 5.41) is 19.6. The second kappa shape index (κ2) is 19.2. The van der Waals surface area contributed by atoms with Crippen LogP contribution < -0.4 is 5.46 Å². The third-order valence-electron chi connectivity index (χ3n) is 7.51. The van der Waals surface area contributed by atoms with Gasteiger partial charge in [-0.15, -0.1) is 0 Å². The van der Waals surface area contributed by atoms with E-state index >= 15 is 0 Å². The Kier molecular flexibility index (Phi) is 15.3. The highest BCUT2D eigenvalue weighted by molar-refractivity contribution is 6.76. The van der Waals surface area contributed by atoms with Gasteiger partial charge in [0.05, 0.1) is 11.1 Å². The summed E-state index contributed by atoms with van der Waals surface area (Å²) >= 11 is 18.0. The van der Waals surface area contributed by atoms with E-state index in [4.69, 9.17) is 54.3 Å². The molecule has 0 aliphatic rings. The highest BCUT2D eigenvalue weighted by Gasteiger charge is 2.16. The number of hydrogen-bond acceptors (Lipinski definition) is 10. The number of aromatic nitrogens is 8. The van der Waals surface area contributed by atoms with Crippen LogP contribution in [-0.2, 0) is 22.9 Å². The molecule has 6 heterocycles. The van der Waals surface area contributed by atoms with E-state index in [-0.39, 0.29) is 10.6 Å². The quantitative estimate of drug-likeness (QED) is 0.0561. The molecule has 0 radical (unpaired) electrons. The molecule has 2 N–H and O–H groups in total. The number of pyridine rings is 2. The van der Waals surface area contributed by atoms with Crippen LogP contribution in [-0.4, -0.2) is 85.6 Å². The van der Waals surface area contributed by atoms with Gasteiger partial charge in [0.2, 0.25) is 10.6 Å². The second-order valence-electron chi connectivity index (χ2n) is 14.3. The van der Waals surface area contributed by atoms with E-state index in [0.29, 0.717) is 29.7 Å². The zero-order valence-electron chi connectivity index (χ0n) is 30.2. The highest BCUT2D eigenvalue weighted by Crippen LogP contribution is 2.28. The Bertz CT molecular complexity index is 2010. The van der Waals surface area contributed by atoms with Gasteiger partial charge in [-0.3, -0.25) is 9.97 Å². The molecule has 0 fully saturated rings. The zero-order chi connectivity index (χ0) is 37.9. The monoisotopic (exact) mass is 800 g/mol. The van der Waals surface area contributed by atoms with Crippen molar-refractivity contribution in [2.75, 3.05) is 13.2 Å².